The van der Waals surface area contributed by atoms with Gasteiger partial charge in [0.05, 0.1) is 6.61 Å². The molecule has 20 heavy (non-hydrogen) atoms. The molecule has 114 valence electrons. The first kappa shape index (κ1) is 17.1. The van der Waals surface area contributed by atoms with Gasteiger partial charge in [-0.3, -0.25) is 0 Å². The summed E-state index contributed by atoms with van der Waals surface area (Å²) in [5.41, 5.74) is 0. The first-order valence-corrected chi connectivity index (χ1v) is 8.32. The Labute approximate surface area is 121 Å². The van der Waals surface area contributed by atoms with E-state index in [1.807, 2.05) is 6.92 Å². The topological polar surface area (TPSA) is 52.6 Å². The standard InChI is InChI=1S/C12H15ClF2O4S/c1-2-3-6-18-7-8-19-9-4-5-10(20(13,16)17)12(15)11(9)14/h4-5H,2-3,6-8H2,1H3. The minimum atomic E-state index is -4.33. The van der Waals surface area contributed by atoms with E-state index in [1.54, 1.807) is 0 Å². The normalized spacial score (nSPS) is 11.6. The molecule has 0 aliphatic rings. The third-order valence-electron chi connectivity index (χ3n) is 2.40. The molecule has 0 amide bonds. The van der Waals surface area contributed by atoms with Crippen molar-refractivity contribution < 1.29 is 26.7 Å². The van der Waals surface area contributed by atoms with E-state index in [4.69, 9.17) is 20.2 Å². The quantitative estimate of drug-likeness (QED) is 0.543. The van der Waals surface area contributed by atoms with Crippen LogP contribution < -0.4 is 4.74 Å². The van der Waals surface area contributed by atoms with Crippen LogP contribution in [0.2, 0.25) is 0 Å². The summed E-state index contributed by atoms with van der Waals surface area (Å²) in [6, 6.07) is 1.87. The lowest BCUT2D eigenvalue weighted by atomic mass is 10.3. The van der Waals surface area contributed by atoms with E-state index in [0.717, 1.165) is 25.0 Å². The first-order valence-electron chi connectivity index (χ1n) is 6.01. The number of benzene rings is 1. The van der Waals surface area contributed by atoms with Crippen molar-refractivity contribution in [1.29, 1.82) is 0 Å². The molecule has 0 aromatic heterocycles. The maximum Gasteiger partial charge on any atom is 0.264 e. The number of halogens is 3. The third kappa shape index (κ3) is 4.88. The summed E-state index contributed by atoms with van der Waals surface area (Å²) in [5.74, 6) is -3.32. The predicted octanol–water partition coefficient (Wildman–Crippen LogP) is 3.09. The van der Waals surface area contributed by atoms with Crippen LogP contribution in [-0.2, 0) is 13.8 Å². The fraction of sp³-hybridized carbons (Fsp3) is 0.500. The van der Waals surface area contributed by atoms with Crippen LogP contribution in [0.3, 0.4) is 0 Å². The van der Waals surface area contributed by atoms with Crippen molar-refractivity contribution in [2.45, 2.75) is 24.7 Å². The van der Waals surface area contributed by atoms with Gasteiger partial charge in [-0.1, -0.05) is 13.3 Å². The van der Waals surface area contributed by atoms with Crippen molar-refractivity contribution >= 4 is 19.7 Å². The summed E-state index contributed by atoms with van der Waals surface area (Å²) < 4.78 is 59.2. The molecule has 0 saturated carbocycles. The summed E-state index contributed by atoms with van der Waals surface area (Å²) in [6.45, 7) is 2.86. The van der Waals surface area contributed by atoms with E-state index < -0.39 is 25.6 Å². The van der Waals surface area contributed by atoms with Gasteiger partial charge in [-0.25, -0.2) is 12.8 Å². The van der Waals surface area contributed by atoms with Crippen LogP contribution in [0, 0.1) is 11.6 Å². The molecule has 4 nitrogen and oxygen atoms in total. The molecule has 0 saturated heterocycles. The van der Waals surface area contributed by atoms with E-state index in [0.29, 0.717) is 6.61 Å². The maximum absolute atomic E-state index is 13.6. The van der Waals surface area contributed by atoms with Gasteiger partial charge in [0, 0.05) is 17.3 Å². The van der Waals surface area contributed by atoms with Crippen LogP contribution in [0.25, 0.3) is 0 Å². The highest BCUT2D eigenvalue weighted by molar-refractivity contribution is 8.13. The molecule has 8 heteroatoms. The van der Waals surface area contributed by atoms with Gasteiger partial charge in [-0.05, 0) is 18.6 Å². The summed E-state index contributed by atoms with van der Waals surface area (Å²) in [7, 11) is 0.637. The van der Waals surface area contributed by atoms with Crippen molar-refractivity contribution in [2.24, 2.45) is 0 Å². The molecular formula is C12H15ClF2O4S. The lowest BCUT2D eigenvalue weighted by Gasteiger charge is -2.09. The molecule has 1 aromatic rings. The Hall–Kier alpha value is -0.920. The molecule has 0 fully saturated rings. The van der Waals surface area contributed by atoms with Crippen LogP contribution in [0.15, 0.2) is 17.0 Å². The Morgan fingerprint density at radius 3 is 2.45 bits per heavy atom. The van der Waals surface area contributed by atoms with Gasteiger partial charge in [0.1, 0.15) is 11.5 Å². The average molecular weight is 329 g/mol. The summed E-state index contributed by atoms with van der Waals surface area (Å²) in [5, 5.41) is 0. The molecule has 0 unspecified atom stereocenters. The Balaban J connectivity index is 2.63. The van der Waals surface area contributed by atoms with Gasteiger partial charge in [0.25, 0.3) is 9.05 Å². The molecule has 0 aliphatic heterocycles. The second kappa shape index (κ2) is 7.75. The summed E-state index contributed by atoms with van der Waals surface area (Å²) in [4.78, 5) is -0.914. The second-order valence-electron chi connectivity index (χ2n) is 3.94. The summed E-state index contributed by atoms with van der Waals surface area (Å²) >= 11 is 0. The van der Waals surface area contributed by atoms with E-state index in [9.17, 15) is 17.2 Å². The van der Waals surface area contributed by atoms with Crippen LogP contribution in [0.5, 0.6) is 5.75 Å². The lowest BCUT2D eigenvalue weighted by Crippen LogP contribution is -2.09. The molecule has 0 radical (unpaired) electrons. The Morgan fingerprint density at radius 2 is 1.85 bits per heavy atom. The van der Waals surface area contributed by atoms with Gasteiger partial charge in [-0.2, -0.15) is 4.39 Å². The lowest BCUT2D eigenvalue weighted by molar-refractivity contribution is 0.0963. The number of rotatable bonds is 8. The van der Waals surface area contributed by atoms with Gasteiger partial charge >= 0.3 is 0 Å². The minimum absolute atomic E-state index is 0.0348. The largest absolute Gasteiger partial charge is 0.488 e. The Kier molecular flexibility index (Phi) is 6.64. The van der Waals surface area contributed by atoms with Crippen molar-refractivity contribution in [3.63, 3.8) is 0 Å². The molecule has 0 bridgehead atoms. The van der Waals surface area contributed by atoms with Gasteiger partial charge in [0.15, 0.2) is 11.6 Å². The average Bonchev–Trinajstić information content (AvgIpc) is 2.37. The number of ether oxygens (including phenoxy) is 2. The van der Waals surface area contributed by atoms with Crippen molar-refractivity contribution in [3.8, 4) is 5.75 Å². The van der Waals surface area contributed by atoms with Crippen molar-refractivity contribution in [2.75, 3.05) is 19.8 Å². The number of hydrogen-bond donors (Lipinski definition) is 0. The zero-order valence-electron chi connectivity index (χ0n) is 10.9. The molecular weight excluding hydrogens is 314 g/mol. The van der Waals surface area contributed by atoms with Crippen molar-refractivity contribution in [3.05, 3.63) is 23.8 Å². The molecule has 0 heterocycles. The maximum atomic E-state index is 13.6. The molecule has 0 N–H and O–H groups in total. The number of hydrogen-bond acceptors (Lipinski definition) is 4. The van der Waals surface area contributed by atoms with Crippen LogP contribution >= 0.6 is 10.7 Å². The van der Waals surface area contributed by atoms with Gasteiger partial charge < -0.3 is 9.47 Å². The molecule has 0 aliphatic carbocycles. The smallest absolute Gasteiger partial charge is 0.264 e. The monoisotopic (exact) mass is 328 g/mol. The molecule has 0 spiro atoms. The van der Waals surface area contributed by atoms with Crippen LogP contribution in [-0.4, -0.2) is 28.2 Å². The van der Waals surface area contributed by atoms with E-state index in [2.05, 4.69) is 0 Å². The Morgan fingerprint density at radius 1 is 1.15 bits per heavy atom. The van der Waals surface area contributed by atoms with Crippen LogP contribution in [0.4, 0.5) is 8.78 Å². The molecule has 1 rings (SSSR count). The summed E-state index contributed by atoms with van der Waals surface area (Å²) in [6.07, 6.45) is 1.90. The second-order valence-corrected chi connectivity index (χ2v) is 6.48. The SMILES string of the molecule is CCCCOCCOc1ccc(S(=O)(=O)Cl)c(F)c1F. The fourth-order valence-electron chi connectivity index (χ4n) is 1.37. The first-order chi connectivity index (χ1) is 9.38. The zero-order chi connectivity index (χ0) is 15.2. The fourth-order valence-corrected chi connectivity index (χ4v) is 2.26. The van der Waals surface area contributed by atoms with E-state index in [1.165, 1.54) is 0 Å². The zero-order valence-corrected chi connectivity index (χ0v) is 12.4. The predicted molar refractivity (Wildman–Crippen MR) is 70.6 cm³/mol. The van der Waals surface area contributed by atoms with E-state index >= 15 is 0 Å². The highest BCUT2D eigenvalue weighted by Crippen LogP contribution is 2.27. The van der Waals surface area contributed by atoms with Crippen molar-refractivity contribution in [1.82, 2.24) is 0 Å². The van der Waals surface area contributed by atoms with Gasteiger partial charge in [0.2, 0.25) is 5.82 Å². The van der Waals surface area contributed by atoms with E-state index in [-0.39, 0.29) is 19.0 Å². The highest BCUT2D eigenvalue weighted by Gasteiger charge is 2.22. The van der Waals surface area contributed by atoms with Gasteiger partial charge in [-0.15, -0.1) is 0 Å². The number of unbranched alkanes of at least 4 members (excludes halogenated alkanes) is 1. The van der Waals surface area contributed by atoms with Crippen LogP contribution in [0.1, 0.15) is 19.8 Å². The molecule has 0 atom stereocenters. The highest BCUT2D eigenvalue weighted by atomic mass is 35.7. The molecule has 1 aromatic carbocycles. The Bertz CT molecular complexity index is 549. The minimum Gasteiger partial charge on any atom is -0.488 e. The third-order valence-corrected chi connectivity index (χ3v) is 3.74.